The Kier molecular flexibility index (Phi) is 5.96. The van der Waals surface area contributed by atoms with Gasteiger partial charge in [0.2, 0.25) is 5.91 Å². The number of nitrogens with zero attached hydrogens (tertiary/aromatic N) is 1. The van der Waals surface area contributed by atoms with Crippen LogP contribution in [0.15, 0.2) is 48.5 Å². The molecule has 0 radical (unpaired) electrons. The summed E-state index contributed by atoms with van der Waals surface area (Å²) in [5, 5.41) is 2.92. The van der Waals surface area contributed by atoms with Crippen LogP contribution in [0.4, 0.5) is 5.69 Å². The number of ether oxygens (including phenoxy) is 2. The minimum absolute atomic E-state index is 0.0699. The minimum atomic E-state index is -0.145. The fraction of sp³-hybridized carbons (Fsp3) is 0.333. The molecule has 2 aromatic carbocycles. The molecule has 1 aliphatic rings. The Morgan fingerprint density at radius 1 is 1.11 bits per heavy atom. The van der Waals surface area contributed by atoms with Gasteiger partial charge in [0.25, 0.3) is 5.91 Å². The standard InChI is InChI=1S/C21H24N2O4/c1-3-27-19-8-4-16(5-9-19)21(25)22-13-15-12-20(24)23(14-15)17-6-10-18(26-2)11-7-17/h4-11,15H,3,12-14H2,1-2H3,(H,22,25). The average molecular weight is 368 g/mol. The number of hydrogen-bond acceptors (Lipinski definition) is 4. The van der Waals surface area contributed by atoms with E-state index in [1.54, 1.807) is 36.3 Å². The molecule has 0 bridgehead atoms. The maximum absolute atomic E-state index is 12.3. The smallest absolute Gasteiger partial charge is 0.251 e. The summed E-state index contributed by atoms with van der Waals surface area (Å²) in [6.45, 7) is 3.56. The summed E-state index contributed by atoms with van der Waals surface area (Å²) in [5.74, 6) is 1.51. The van der Waals surface area contributed by atoms with Crippen molar-refractivity contribution in [1.82, 2.24) is 5.32 Å². The van der Waals surface area contributed by atoms with Gasteiger partial charge in [0.05, 0.1) is 13.7 Å². The van der Waals surface area contributed by atoms with Gasteiger partial charge < -0.3 is 19.7 Å². The molecule has 2 amide bonds. The van der Waals surface area contributed by atoms with Crippen molar-refractivity contribution < 1.29 is 19.1 Å². The maximum Gasteiger partial charge on any atom is 0.251 e. The second kappa shape index (κ2) is 8.58. The normalized spacial score (nSPS) is 16.3. The van der Waals surface area contributed by atoms with Crippen LogP contribution in [0.5, 0.6) is 11.5 Å². The molecule has 1 aliphatic heterocycles. The predicted molar refractivity (Wildman–Crippen MR) is 103 cm³/mol. The quantitative estimate of drug-likeness (QED) is 0.816. The Labute approximate surface area is 159 Å². The maximum atomic E-state index is 12.3. The van der Waals surface area contributed by atoms with Crippen molar-refractivity contribution in [3.63, 3.8) is 0 Å². The first-order valence-electron chi connectivity index (χ1n) is 9.06. The summed E-state index contributed by atoms with van der Waals surface area (Å²) >= 11 is 0. The summed E-state index contributed by atoms with van der Waals surface area (Å²) in [7, 11) is 1.61. The van der Waals surface area contributed by atoms with Gasteiger partial charge >= 0.3 is 0 Å². The SMILES string of the molecule is CCOc1ccc(C(=O)NCC2CC(=O)N(c3ccc(OC)cc3)C2)cc1. The summed E-state index contributed by atoms with van der Waals surface area (Å²) in [5.41, 5.74) is 1.43. The number of benzene rings is 2. The molecule has 1 unspecified atom stereocenters. The highest BCUT2D eigenvalue weighted by Gasteiger charge is 2.30. The molecule has 0 aliphatic carbocycles. The topological polar surface area (TPSA) is 67.9 Å². The molecule has 0 aromatic heterocycles. The van der Waals surface area contributed by atoms with Gasteiger partial charge in [-0.05, 0) is 55.5 Å². The Hall–Kier alpha value is -3.02. The third-order valence-electron chi connectivity index (χ3n) is 4.57. The molecule has 142 valence electrons. The van der Waals surface area contributed by atoms with Crippen LogP contribution >= 0.6 is 0 Å². The van der Waals surface area contributed by atoms with E-state index in [1.165, 1.54) is 0 Å². The minimum Gasteiger partial charge on any atom is -0.497 e. The summed E-state index contributed by atoms with van der Waals surface area (Å²) in [6, 6.07) is 14.5. The van der Waals surface area contributed by atoms with Gasteiger partial charge in [-0.2, -0.15) is 0 Å². The summed E-state index contributed by atoms with van der Waals surface area (Å²) in [6.07, 6.45) is 0.426. The van der Waals surface area contributed by atoms with Gasteiger partial charge in [-0.15, -0.1) is 0 Å². The molecule has 1 atom stereocenters. The van der Waals surface area contributed by atoms with Crippen LogP contribution in [-0.4, -0.2) is 38.6 Å². The number of carbonyl (C=O) groups is 2. The molecule has 1 fully saturated rings. The molecular formula is C21H24N2O4. The van der Waals surface area contributed by atoms with Gasteiger partial charge in [0.15, 0.2) is 0 Å². The average Bonchev–Trinajstić information content (AvgIpc) is 3.07. The number of amides is 2. The predicted octanol–water partition coefficient (Wildman–Crippen LogP) is 2.88. The molecule has 3 rings (SSSR count). The Balaban J connectivity index is 1.54. The highest BCUT2D eigenvalue weighted by molar-refractivity contribution is 5.96. The van der Waals surface area contributed by atoms with Crippen molar-refractivity contribution >= 4 is 17.5 Å². The molecule has 6 heteroatoms. The second-order valence-corrected chi connectivity index (χ2v) is 6.44. The molecule has 1 N–H and O–H groups in total. The highest BCUT2D eigenvalue weighted by Crippen LogP contribution is 2.26. The molecule has 2 aromatic rings. The molecule has 0 saturated carbocycles. The lowest BCUT2D eigenvalue weighted by Crippen LogP contribution is -2.31. The van der Waals surface area contributed by atoms with E-state index in [0.29, 0.717) is 31.7 Å². The number of hydrogen-bond donors (Lipinski definition) is 1. The van der Waals surface area contributed by atoms with Gasteiger partial charge in [0, 0.05) is 36.7 Å². The van der Waals surface area contributed by atoms with E-state index >= 15 is 0 Å². The van der Waals surface area contributed by atoms with E-state index in [4.69, 9.17) is 9.47 Å². The molecule has 1 heterocycles. The van der Waals surface area contributed by atoms with Crippen molar-refractivity contribution in [2.75, 3.05) is 31.7 Å². The Morgan fingerprint density at radius 3 is 2.41 bits per heavy atom. The summed E-state index contributed by atoms with van der Waals surface area (Å²) in [4.78, 5) is 26.4. The second-order valence-electron chi connectivity index (χ2n) is 6.44. The van der Waals surface area contributed by atoms with Crippen LogP contribution in [0, 0.1) is 5.92 Å². The number of nitrogens with one attached hydrogen (secondary N) is 1. The van der Waals surface area contributed by atoms with E-state index in [2.05, 4.69) is 5.32 Å². The monoisotopic (exact) mass is 368 g/mol. The van der Waals surface area contributed by atoms with Gasteiger partial charge in [-0.3, -0.25) is 9.59 Å². The lowest BCUT2D eigenvalue weighted by Gasteiger charge is -2.17. The molecular weight excluding hydrogens is 344 g/mol. The number of anilines is 1. The van der Waals surface area contributed by atoms with Gasteiger partial charge in [0.1, 0.15) is 11.5 Å². The van der Waals surface area contributed by atoms with E-state index in [-0.39, 0.29) is 17.7 Å². The number of rotatable bonds is 7. The zero-order valence-electron chi connectivity index (χ0n) is 15.6. The first-order valence-corrected chi connectivity index (χ1v) is 9.06. The van der Waals surface area contributed by atoms with E-state index < -0.39 is 0 Å². The largest absolute Gasteiger partial charge is 0.497 e. The van der Waals surface area contributed by atoms with Crippen LogP contribution < -0.4 is 19.7 Å². The first-order chi connectivity index (χ1) is 13.1. The summed E-state index contributed by atoms with van der Waals surface area (Å²) < 4.78 is 10.5. The van der Waals surface area contributed by atoms with Crippen LogP contribution in [-0.2, 0) is 4.79 Å². The van der Waals surface area contributed by atoms with Crippen molar-refractivity contribution in [2.24, 2.45) is 5.92 Å². The fourth-order valence-corrected chi connectivity index (χ4v) is 3.14. The van der Waals surface area contributed by atoms with Crippen molar-refractivity contribution in [1.29, 1.82) is 0 Å². The third-order valence-corrected chi connectivity index (χ3v) is 4.57. The zero-order chi connectivity index (χ0) is 19.2. The zero-order valence-corrected chi connectivity index (χ0v) is 15.6. The number of carbonyl (C=O) groups excluding carboxylic acids is 2. The van der Waals surface area contributed by atoms with Gasteiger partial charge in [-0.1, -0.05) is 0 Å². The van der Waals surface area contributed by atoms with Crippen molar-refractivity contribution in [3.05, 3.63) is 54.1 Å². The number of methoxy groups -OCH3 is 1. The van der Waals surface area contributed by atoms with E-state index in [9.17, 15) is 9.59 Å². The Morgan fingerprint density at radius 2 is 1.78 bits per heavy atom. The van der Waals surface area contributed by atoms with Crippen LogP contribution in [0.3, 0.4) is 0 Å². The van der Waals surface area contributed by atoms with Crippen molar-refractivity contribution in [2.45, 2.75) is 13.3 Å². The third kappa shape index (κ3) is 4.58. The molecule has 1 saturated heterocycles. The molecule has 0 spiro atoms. The van der Waals surface area contributed by atoms with Gasteiger partial charge in [-0.25, -0.2) is 0 Å². The Bertz CT molecular complexity index is 787. The molecule has 27 heavy (non-hydrogen) atoms. The first kappa shape index (κ1) is 18.8. The van der Waals surface area contributed by atoms with Crippen LogP contribution in [0.25, 0.3) is 0 Å². The van der Waals surface area contributed by atoms with E-state index in [0.717, 1.165) is 17.2 Å². The highest BCUT2D eigenvalue weighted by atomic mass is 16.5. The lowest BCUT2D eigenvalue weighted by molar-refractivity contribution is -0.117. The van der Waals surface area contributed by atoms with E-state index in [1.807, 2.05) is 31.2 Å². The molecule has 6 nitrogen and oxygen atoms in total. The van der Waals surface area contributed by atoms with Crippen LogP contribution in [0.2, 0.25) is 0 Å². The fourth-order valence-electron chi connectivity index (χ4n) is 3.14. The lowest BCUT2D eigenvalue weighted by atomic mass is 10.1. The van der Waals surface area contributed by atoms with Crippen LogP contribution in [0.1, 0.15) is 23.7 Å². The van der Waals surface area contributed by atoms with Crippen molar-refractivity contribution in [3.8, 4) is 11.5 Å².